The number of Topliss-reactive ketones (excluding diaryl/α,β-unsaturated/α-hetero) is 1. The van der Waals surface area contributed by atoms with Gasteiger partial charge in [0.1, 0.15) is 17.2 Å². The Kier molecular flexibility index (Phi) is 11.1. The van der Waals surface area contributed by atoms with E-state index in [9.17, 15) is 9.59 Å². The monoisotopic (exact) mass is 525 g/mol. The van der Waals surface area contributed by atoms with Gasteiger partial charge in [0.15, 0.2) is 23.0 Å². The molecule has 0 spiro atoms. The number of benzene rings is 2. The molecule has 0 N–H and O–H groups in total. The molecule has 2 rings (SSSR count). The third-order valence-corrected chi connectivity index (χ3v) is 5.12. The molecule has 2 aromatic rings. The summed E-state index contributed by atoms with van der Waals surface area (Å²) in [6.07, 6.45) is 0. The van der Waals surface area contributed by atoms with Gasteiger partial charge in [-0.2, -0.15) is 5.11 Å². The highest BCUT2D eigenvalue weighted by Gasteiger charge is 2.31. The van der Waals surface area contributed by atoms with Gasteiger partial charge >= 0.3 is 0 Å². The molecule has 0 aromatic heterocycles. The Morgan fingerprint density at radius 3 is 2.14 bits per heavy atom. The number of ketones is 1. The Hall–Kier alpha value is -3.04. The molecule has 1 unspecified atom stereocenters. The van der Waals surface area contributed by atoms with Crippen LogP contribution >= 0.6 is 23.4 Å². The first-order chi connectivity index (χ1) is 16.8. The van der Waals surface area contributed by atoms with E-state index < -0.39 is 17.7 Å². The average Bonchev–Trinajstić information content (AvgIpc) is 2.82. The van der Waals surface area contributed by atoms with E-state index in [1.165, 1.54) is 6.92 Å². The van der Waals surface area contributed by atoms with Crippen LogP contribution in [0.25, 0.3) is 0 Å². The first-order valence-electron chi connectivity index (χ1n) is 11.2. The molecule has 0 aliphatic heterocycles. The summed E-state index contributed by atoms with van der Waals surface area (Å²) in [4.78, 5) is 25.6. The lowest BCUT2D eigenvalue weighted by molar-refractivity contribution is -0.126. The first kappa shape index (κ1) is 28.2. The van der Waals surface area contributed by atoms with Crippen LogP contribution in [-0.4, -0.2) is 44.2 Å². The molecule has 0 radical (unpaired) electrons. The summed E-state index contributed by atoms with van der Waals surface area (Å²) in [5, 5.41) is 8.42. The summed E-state index contributed by atoms with van der Waals surface area (Å²) >= 11 is 12.6. The number of halogens is 2. The Balaban J connectivity index is 2.45. The van der Waals surface area contributed by atoms with Crippen LogP contribution in [0, 0.1) is 0 Å². The number of amides is 1. The van der Waals surface area contributed by atoms with Gasteiger partial charge in [-0.25, -0.2) is 4.42 Å². The molecular formula is C24H29Cl2N3O6. The Morgan fingerprint density at radius 1 is 0.914 bits per heavy atom. The van der Waals surface area contributed by atoms with Crippen LogP contribution in [0.15, 0.2) is 40.6 Å². The smallest absolute Gasteiger partial charge is 0.276 e. The van der Waals surface area contributed by atoms with Gasteiger partial charge in [0, 0.05) is 17.8 Å². The number of rotatable bonds is 13. The molecule has 0 bridgehead atoms. The number of anilines is 1. The van der Waals surface area contributed by atoms with Crippen molar-refractivity contribution in [3.8, 4) is 23.0 Å². The number of carbonyl (C=O) groups is 2. The van der Waals surface area contributed by atoms with Crippen molar-refractivity contribution >= 4 is 46.4 Å². The zero-order valence-corrected chi connectivity index (χ0v) is 21.9. The predicted octanol–water partition coefficient (Wildman–Crippen LogP) is 6.16. The van der Waals surface area contributed by atoms with Gasteiger partial charge in [-0.15, -0.1) is 5.11 Å². The van der Waals surface area contributed by atoms with E-state index in [2.05, 4.69) is 10.2 Å². The van der Waals surface area contributed by atoms with Gasteiger partial charge in [-0.1, -0.05) is 11.6 Å². The number of nitrogens with zero attached hydrogens (tertiary/aromatic N) is 3. The molecule has 0 saturated heterocycles. The summed E-state index contributed by atoms with van der Waals surface area (Å²) in [6.45, 7) is 9.88. The van der Waals surface area contributed by atoms with Crippen molar-refractivity contribution in [3.63, 3.8) is 0 Å². The van der Waals surface area contributed by atoms with Crippen molar-refractivity contribution in [2.45, 2.75) is 40.7 Å². The number of azo groups is 1. The predicted molar refractivity (Wildman–Crippen MR) is 135 cm³/mol. The van der Waals surface area contributed by atoms with Crippen molar-refractivity contribution in [1.29, 1.82) is 0 Å². The Morgan fingerprint density at radius 2 is 1.54 bits per heavy atom. The van der Waals surface area contributed by atoms with E-state index in [0.29, 0.717) is 43.7 Å². The summed E-state index contributed by atoms with van der Waals surface area (Å²) in [6, 6.07) is 6.50. The normalized spacial score (nSPS) is 11.7. The highest BCUT2D eigenvalue weighted by Crippen LogP contribution is 2.43. The SMILES string of the molecule is CCOc1ccc(N(Cl)C(=O)C(N=Nc2c(OCC)ccc(Cl)c2OCC)C(C)=O)c(OCC)c1. The fourth-order valence-electron chi connectivity index (χ4n) is 3.01. The summed E-state index contributed by atoms with van der Waals surface area (Å²) in [5.41, 5.74) is 0.397. The van der Waals surface area contributed by atoms with Crippen LogP contribution in [0.3, 0.4) is 0 Å². The molecule has 2 aromatic carbocycles. The molecule has 0 heterocycles. The van der Waals surface area contributed by atoms with Gasteiger partial charge in [0.05, 0.1) is 31.5 Å². The van der Waals surface area contributed by atoms with Crippen molar-refractivity contribution in [1.82, 2.24) is 0 Å². The quantitative estimate of drug-likeness (QED) is 0.176. The van der Waals surface area contributed by atoms with Gasteiger partial charge in [0.2, 0.25) is 6.04 Å². The number of carbonyl (C=O) groups excluding carboxylic acids is 2. The average molecular weight is 526 g/mol. The number of hydrogen-bond donors (Lipinski definition) is 0. The third-order valence-electron chi connectivity index (χ3n) is 4.47. The standard InChI is InChI=1S/C24H29Cl2N3O6/c1-6-32-16-10-12-18(20(14-16)34-8-3)29(26)24(31)21(15(5)30)27-28-22-19(33-7-2)13-11-17(25)23(22)35-9-4/h10-14,21H,6-9H2,1-5H3. The van der Waals surface area contributed by atoms with Crippen molar-refractivity contribution in [2.75, 3.05) is 30.8 Å². The zero-order valence-electron chi connectivity index (χ0n) is 20.3. The second-order valence-corrected chi connectivity index (χ2v) is 7.68. The lowest BCUT2D eigenvalue weighted by Crippen LogP contribution is -2.36. The van der Waals surface area contributed by atoms with Crippen molar-refractivity contribution in [3.05, 3.63) is 35.4 Å². The topological polar surface area (TPSA) is 99.0 Å². The fourth-order valence-corrected chi connectivity index (χ4v) is 3.45. The summed E-state index contributed by atoms with van der Waals surface area (Å²) < 4.78 is 23.1. The molecule has 0 aliphatic rings. The highest BCUT2D eigenvalue weighted by atomic mass is 35.5. The maximum absolute atomic E-state index is 13.2. The molecular weight excluding hydrogens is 497 g/mol. The molecule has 0 saturated carbocycles. The summed E-state index contributed by atoms with van der Waals surface area (Å²) in [7, 11) is 0. The minimum Gasteiger partial charge on any atom is -0.494 e. The minimum absolute atomic E-state index is 0.164. The lowest BCUT2D eigenvalue weighted by Gasteiger charge is -2.20. The third kappa shape index (κ3) is 7.22. The highest BCUT2D eigenvalue weighted by molar-refractivity contribution is 6.39. The lowest BCUT2D eigenvalue weighted by atomic mass is 10.2. The Bertz CT molecular complexity index is 1060. The van der Waals surface area contributed by atoms with Crippen LogP contribution in [0.5, 0.6) is 23.0 Å². The molecule has 190 valence electrons. The van der Waals surface area contributed by atoms with Crippen LogP contribution < -0.4 is 23.4 Å². The molecule has 0 aliphatic carbocycles. The van der Waals surface area contributed by atoms with Crippen LogP contribution in [0.4, 0.5) is 11.4 Å². The van der Waals surface area contributed by atoms with Crippen LogP contribution in [0.1, 0.15) is 34.6 Å². The van der Waals surface area contributed by atoms with E-state index in [1.807, 2.05) is 6.92 Å². The van der Waals surface area contributed by atoms with Gasteiger partial charge in [0.25, 0.3) is 5.91 Å². The van der Waals surface area contributed by atoms with Crippen LogP contribution in [0.2, 0.25) is 5.02 Å². The van der Waals surface area contributed by atoms with Gasteiger partial charge in [-0.3, -0.25) is 9.59 Å². The van der Waals surface area contributed by atoms with E-state index in [4.69, 9.17) is 42.3 Å². The van der Waals surface area contributed by atoms with E-state index in [-0.39, 0.29) is 22.1 Å². The molecule has 35 heavy (non-hydrogen) atoms. The minimum atomic E-state index is -1.53. The molecule has 1 amide bonds. The van der Waals surface area contributed by atoms with Crippen molar-refractivity contribution < 1.29 is 28.5 Å². The molecule has 11 heteroatoms. The van der Waals surface area contributed by atoms with Crippen LogP contribution in [-0.2, 0) is 9.59 Å². The molecule has 9 nitrogen and oxygen atoms in total. The maximum Gasteiger partial charge on any atom is 0.276 e. The number of hydrogen-bond acceptors (Lipinski definition) is 8. The fraction of sp³-hybridized carbons (Fsp3) is 0.417. The zero-order chi connectivity index (χ0) is 26.0. The first-order valence-corrected chi connectivity index (χ1v) is 11.9. The summed E-state index contributed by atoms with van der Waals surface area (Å²) in [5.74, 6) is 0.0523. The van der Waals surface area contributed by atoms with Crippen molar-refractivity contribution in [2.24, 2.45) is 10.2 Å². The van der Waals surface area contributed by atoms with E-state index >= 15 is 0 Å². The Labute approximate surface area is 215 Å². The van der Waals surface area contributed by atoms with E-state index in [0.717, 1.165) is 4.42 Å². The van der Waals surface area contributed by atoms with E-state index in [1.54, 1.807) is 51.1 Å². The largest absolute Gasteiger partial charge is 0.494 e. The van der Waals surface area contributed by atoms with Gasteiger partial charge in [-0.05, 0) is 58.9 Å². The molecule has 1 atom stereocenters. The van der Waals surface area contributed by atoms with Gasteiger partial charge < -0.3 is 18.9 Å². The maximum atomic E-state index is 13.2. The second kappa shape index (κ2) is 13.7. The molecule has 0 fully saturated rings. The number of ether oxygens (including phenoxy) is 4. The second-order valence-electron chi connectivity index (χ2n) is 6.93.